The third kappa shape index (κ3) is 1.99. The third-order valence-electron chi connectivity index (χ3n) is 1.92. The molecule has 6 heteroatoms. The van der Waals surface area contributed by atoms with Crippen LogP contribution in [0.1, 0.15) is 0 Å². The lowest BCUT2D eigenvalue weighted by Gasteiger charge is -2.16. The zero-order chi connectivity index (χ0) is 11.0. The molecule has 0 unspecified atom stereocenters. The number of benzene rings is 1. The summed E-state index contributed by atoms with van der Waals surface area (Å²) in [6.45, 7) is 0. The third-order valence-corrected chi connectivity index (χ3v) is 4.09. The van der Waals surface area contributed by atoms with E-state index in [-0.39, 0.29) is 5.91 Å². The Labute approximate surface area is 107 Å². The second-order valence-corrected chi connectivity index (χ2v) is 5.25. The predicted molar refractivity (Wildman–Crippen MR) is 69.0 cm³/mol. The minimum Gasteiger partial charge on any atom is -0.273 e. The fourth-order valence-electron chi connectivity index (χ4n) is 1.25. The molecule has 1 fully saturated rings. The molecule has 15 heavy (non-hydrogen) atoms. The number of hydrogen-bond donors (Lipinski definition) is 0. The molecule has 1 aliphatic heterocycles. The molecule has 1 aliphatic rings. The number of anilines is 1. The van der Waals surface area contributed by atoms with Crippen molar-refractivity contribution in [2.45, 2.75) is 0 Å². The molecule has 0 bridgehead atoms. The zero-order valence-electron chi connectivity index (χ0n) is 7.37. The highest BCUT2D eigenvalue weighted by molar-refractivity contribution is 8.24. The van der Waals surface area contributed by atoms with E-state index in [0.29, 0.717) is 25.8 Å². The van der Waals surface area contributed by atoms with Gasteiger partial charge in [-0.05, 0) is 12.1 Å². The Morgan fingerprint density at radius 3 is 2.73 bits per heavy atom. The van der Waals surface area contributed by atoms with E-state index in [0.717, 1.165) is 0 Å². The first-order valence-electron chi connectivity index (χ1n) is 4.05. The Kier molecular flexibility index (Phi) is 3.21. The maximum absolute atomic E-state index is 11.6. The molecule has 0 N–H and O–H groups in total. The maximum Gasteiger partial charge on any atom is 0.243 e. The number of halogens is 2. The molecular weight excluding hydrogens is 273 g/mol. The van der Waals surface area contributed by atoms with Crippen LogP contribution in [-0.4, -0.2) is 16.0 Å². The molecule has 0 saturated carbocycles. The van der Waals surface area contributed by atoms with Crippen LogP contribution in [0.3, 0.4) is 0 Å². The quantitative estimate of drug-likeness (QED) is 0.735. The maximum atomic E-state index is 11.6. The average Bonchev–Trinajstić information content (AvgIpc) is 2.52. The fourth-order valence-corrected chi connectivity index (χ4v) is 2.71. The summed E-state index contributed by atoms with van der Waals surface area (Å²) in [5.74, 6) is 0.302. The van der Waals surface area contributed by atoms with Gasteiger partial charge in [0.15, 0.2) is 0 Å². The van der Waals surface area contributed by atoms with Crippen molar-refractivity contribution in [1.29, 1.82) is 0 Å². The predicted octanol–water partition coefficient (Wildman–Crippen LogP) is 3.36. The lowest BCUT2D eigenvalue weighted by molar-refractivity contribution is -0.115. The normalized spacial score (nSPS) is 16.3. The fraction of sp³-hybridized carbons (Fsp3) is 0.111. The molecule has 0 radical (unpaired) electrons. The first-order valence-corrected chi connectivity index (χ1v) is 6.20. The van der Waals surface area contributed by atoms with Gasteiger partial charge < -0.3 is 0 Å². The number of carbonyl (C=O) groups excluding carboxylic acids is 1. The first-order chi connectivity index (χ1) is 7.11. The van der Waals surface area contributed by atoms with Crippen molar-refractivity contribution >= 4 is 63.1 Å². The SMILES string of the molecule is O=C1CSC(=S)N1c1cccc(Cl)c1Cl. The van der Waals surface area contributed by atoms with Gasteiger partial charge in [0.2, 0.25) is 5.91 Å². The largest absolute Gasteiger partial charge is 0.273 e. The molecule has 1 aromatic rings. The van der Waals surface area contributed by atoms with Crippen LogP contribution in [0.15, 0.2) is 18.2 Å². The van der Waals surface area contributed by atoms with E-state index < -0.39 is 0 Å². The Balaban J connectivity index is 2.49. The molecule has 2 rings (SSSR count). The summed E-state index contributed by atoms with van der Waals surface area (Å²) < 4.78 is 0.518. The number of thiocarbonyl (C=S) groups is 1. The van der Waals surface area contributed by atoms with Crippen molar-refractivity contribution < 1.29 is 4.79 Å². The second kappa shape index (κ2) is 4.29. The van der Waals surface area contributed by atoms with E-state index in [1.807, 2.05) is 0 Å². The number of thioether (sulfide) groups is 1. The number of amides is 1. The minimum absolute atomic E-state index is 0.0610. The van der Waals surface area contributed by atoms with Crippen molar-refractivity contribution in [2.75, 3.05) is 10.7 Å². The number of nitrogens with zero attached hydrogens (tertiary/aromatic N) is 1. The smallest absolute Gasteiger partial charge is 0.243 e. The average molecular weight is 278 g/mol. The highest BCUT2D eigenvalue weighted by atomic mass is 35.5. The second-order valence-electron chi connectivity index (χ2n) is 2.86. The van der Waals surface area contributed by atoms with E-state index in [1.165, 1.54) is 16.7 Å². The van der Waals surface area contributed by atoms with E-state index in [1.54, 1.807) is 18.2 Å². The van der Waals surface area contributed by atoms with Gasteiger partial charge >= 0.3 is 0 Å². The molecule has 1 saturated heterocycles. The standard InChI is InChI=1S/C9H5Cl2NOS2/c10-5-2-1-3-6(8(5)11)12-7(13)4-15-9(12)14/h1-3H,4H2. The Hall–Kier alpha value is -0.290. The lowest BCUT2D eigenvalue weighted by atomic mass is 10.3. The molecule has 78 valence electrons. The molecule has 1 heterocycles. The van der Waals surface area contributed by atoms with Gasteiger partial charge in [-0.1, -0.05) is 53.2 Å². The van der Waals surface area contributed by atoms with Crippen molar-refractivity contribution in [3.8, 4) is 0 Å². The van der Waals surface area contributed by atoms with Gasteiger partial charge in [0.1, 0.15) is 4.32 Å². The van der Waals surface area contributed by atoms with Crippen LogP contribution in [-0.2, 0) is 4.79 Å². The molecule has 0 atom stereocenters. The highest BCUT2D eigenvalue weighted by Gasteiger charge is 2.29. The van der Waals surface area contributed by atoms with E-state index in [2.05, 4.69) is 0 Å². The van der Waals surface area contributed by atoms with Gasteiger partial charge in [0, 0.05) is 0 Å². The van der Waals surface area contributed by atoms with Gasteiger partial charge in [0.05, 0.1) is 21.5 Å². The van der Waals surface area contributed by atoms with Gasteiger partial charge in [-0.25, -0.2) is 0 Å². The molecule has 1 amide bonds. The molecule has 1 aromatic carbocycles. The van der Waals surface area contributed by atoms with Crippen molar-refractivity contribution in [3.05, 3.63) is 28.2 Å². The summed E-state index contributed by atoms with van der Waals surface area (Å²) in [4.78, 5) is 13.0. The number of hydrogen-bond acceptors (Lipinski definition) is 3. The Bertz CT molecular complexity index is 434. The summed E-state index contributed by atoms with van der Waals surface area (Å²) in [5, 5.41) is 0.777. The number of carbonyl (C=O) groups is 1. The van der Waals surface area contributed by atoms with Crippen LogP contribution in [0, 0.1) is 0 Å². The van der Waals surface area contributed by atoms with Crippen LogP contribution < -0.4 is 4.90 Å². The summed E-state index contributed by atoms with van der Waals surface area (Å²) >= 11 is 18.3. The minimum atomic E-state index is -0.0610. The van der Waals surface area contributed by atoms with Crippen LogP contribution in [0.4, 0.5) is 5.69 Å². The van der Waals surface area contributed by atoms with Crippen molar-refractivity contribution in [2.24, 2.45) is 0 Å². The van der Waals surface area contributed by atoms with Crippen molar-refractivity contribution in [3.63, 3.8) is 0 Å². The van der Waals surface area contributed by atoms with Crippen LogP contribution in [0.2, 0.25) is 10.0 Å². The summed E-state index contributed by atoms with van der Waals surface area (Å²) in [5.41, 5.74) is 0.559. The topological polar surface area (TPSA) is 20.3 Å². The summed E-state index contributed by atoms with van der Waals surface area (Å²) in [6, 6.07) is 5.14. The monoisotopic (exact) mass is 277 g/mol. The number of rotatable bonds is 1. The van der Waals surface area contributed by atoms with E-state index in [9.17, 15) is 4.79 Å². The van der Waals surface area contributed by atoms with E-state index >= 15 is 0 Å². The Morgan fingerprint density at radius 1 is 1.40 bits per heavy atom. The molecule has 0 spiro atoms. The lowest BCUT2D eigenvalue weighted by Crippen LogP contribution is -2.28. The molecular formula is C9H5Cl2NOS2. The zero-order valence-corrected chi connectivity index (χ0v) is 10.5. The highest BCUT2D eigenvalue weighted by Crippen LogP contribution is 2.36. The van der Waals surface area contributed by atoms with Gasteiger partial charge in [-0.15, -0.1) is 0 Å². The molecule has 0 aliphatic carbocycles. The van der Waals surface area contributed by atoms with Gasteiger partial charge in [0.25, 0.3) is 0 Å². The van der Waals surface area contributed by atoms with Crippen LogP contribution in [0.25, 0.3) is 0 Å². The first kappa shape index (κ1) is 11.2. The van der Waals surface area contributed by atoms with Crippen LogP contribution >= 0.6 is 47.2 Å². The van der Waals surface area contributed by atoms with Gasteiger partial charge in [-0.2, -0.15) is 0 Å². The Morgan fingerprint density at radius 2 is 2.13 bits per heavy atom. The van der Waals surface area contributed by atoms with Gasteiger partial charge in [-0.3, -0.25) is 9.69 Å². The summed E-state index contributed by atoms with van der Waals surface area (Å²) in [7, 11) is 0. The van der Waals surface area contributed by atoms with Crippen LogP contribution in [0.5, 0.6) is 0 Å². The van der Waals surface area contributed by atoms with E-state index in [4.69, 9.17) is 35.4 Å². The summed E-state index contributed by atoms with van der Waals surface area (Å²) in [6.07, 6.45) is 0. The molecule has 0 aromatic heterocycles. The van der Waals surface area contributed by atoms with Crippen molar-refractivity contribution in [1.82, 2.24) is 0 Å². The molecule has 2 nitrogen and oxygen atoms in total.